The first kappa shape index (κ1) is 26.7. The maximum absolute atomic E-state index is 13.3. The molecule has 1 heterocycles. The number of carbonyl (C=O) groups is 1. The zero-order valence-electron chi connectivity index (χ0n) is 21.2. The van der Waals surface area contributed by atoms with Gasteiger partial charge < -0.3 is 10.1 Å². The zero-order valence-corrected chi connectivity index (χ0v) is 22.1. The predicted octanol–water partition coefficient (Wildman–Crippen LogP) is 6.92. The van der Waals surface area contributed by atoms with E-state index in [-0.39, 0.29) is 11.7 Å². The van der Waals surface area contributed by atoms with Crippen LogP contribution in [0.5, 0.6) is 11.5 Å². The standard InChI is InChI=1S/C29H24N4O6S/c34-28(30-17-19-6-2-1-3-7-19)27-23-8-4-5-9-26(23)40-29(27)31-18-20-10-13-22(14-11-20)39-25-15-12-21(32(35)36)16-24(25)33(37)38/h1-3,6-7,10-16,18H,4-5,8-9,17H2,(H,30,34). The fraction of sp³-hybridized carbons (Fsp3) is 0.172. The van der Waals surface area contributed by atoms with Gasteiger partial charge in [-0.1, -0.05) is 30.3 Å². The van der Waals surface area contributed by atoms with Crippen LogP contribution in [-0.4, -0.2) is 22.0 Å². The highest BCUT2D eigenvalue weighted by Gasteiger charge is 2.25. The quantitative estimate of drug-likeness (QED) is 0.135. The molecule has 0 saturated heterocycles. The maximum Gasteiger partial charge on any atom is 0.318 e. The van der Waals surface area contributed by atoms with Gasteiger partial charge >= 0.3 is 5.69 Å². The molecule has 1 N–H and O–H groups in total. The van der Waals surface area contributed by atoms with Crippen molar-refractivity contribution in [2.75, 3.05) is 0 Å². The molecular formula is C29H24N4O6S. The molecule has 1 aliphatic carbocycles. The van der Waals surface area contributed by atoms with Gasteiger partial charge in [0, 0.05) is 23.7 Å². The molecule has 1 aromatic heterocycles. The predicted molar refractivity (Wildman–Crippen MR) is 152 cm³/mol. The van der Waals surface area contributed by atoms with Crippen LogP contribution in [0.3, 0.4) is 0 Å². The molecule has 5 rings (SSSR count). The van der Waals surface area contributed by atoms with Crippen LogP contribution in [0.15, 0.2) is 77.8 Å². The molecule has 10 nitrogen and oxygen atoms in total. The van der Waals surface area contributed by atoms with Crippen molar-refractivity contribution < 1.29 is 19.4 Å². The molecule has 0 aliphatic heterocycles. The van der Waals surface area contributed by atoms with Gasteiger partial charge in [0.2, 0.25) is 5.75 Å². The molecule has 0 saturated carbocycles. The highest BCUT2D eigenvalue weighted by atomic mass is 32.1. The number of nitrogens with one attached hydrogen (secondary N) is 1. The number of rotatable bonds is 9. The molecule has 0 radical (unpaired) electrons. The van der Waals surface area contributed by atoms with E-state index in [4.69, 9.17) is 4.74 Å². The number of carbonyl (C=O) groups excluding carboxylic acids is 1. The van der Waals surface area contributed by atoms with Gasteiger partial charge in [0.15, 0.2) is 0 Å². The minimum Gasteiger partial charge on any atom is -0.450 e. The van der Waals surface area contributed by atoms with Gasteiger partial charge in [-0.05, 0) is 72.7 Å². The highest BCUT2D eigenvalue weighted by Crippen LogP contribution is 2.40. The Bertz CT molecular complexity index is 1600. The number of aliphatic imine (C=N–C) groups is 1. The van der Waals surface area contributed by atoms with Crippen LogP contribution < -0.4 is 10.1 Å². The van der Waals surface area contributed by atoms with E-state index in [9.17, 15) is 25.0 Å². The minimum atomic E-state index is -0.725. The monoisotopic (exact) mass is 556 g/mol. The van der Waals surface area contributed by atoms with Crippen molar-refractivity contribution in [2.24, 2.45) is 4.99 Å². The first-order valence-corrected chi connectivity index (χ1v) is 13.4. The molecule has 0 bridgehead atoms. The molecule has 0 atom stereocenters. The Balaban J connectivity index is 1.33. The van der Waals surface area contributed by atoms with Gasteiger partial charge in [0.05, 0.1) is 21.5 Å². The lowest BCUT2D eigenvalue weighted by Crippen LogP contribution is -2.24. The summed E-state index contributed by atoms with van der Waals surface area (Å²) in [6.07, 6.45) is 5.60. The number of non-ortho nitro benzene ring substituents is 1. The third-order valence-electron chi connectivity index (χ3n) is 6.46. The normalized spacial score (nSPS) is 12.6. The Labute approximate surface area is 233 Å². The molecule has 0 unspecified atom stereocenters. The Morgan fingerprint density at radius 3 is 2.45 bits per heavy atom. The number of nitro benzene ring substituents is 2. The van der Waals surface area contributed by atoms with Gasteiger partial charge in [-0.3, -0.25) is 25.0 Å². The van der Waals surface area contributed by atoms with Crippen molar-refractivity contribution in [3.05, 3.63) is 120 Å². The summed E-state index contributed by atoms with van der Waals surface area (Å²) in [7, 11) is 0. The topological polar surface area (TPSA) is 137 Å². The lowest BCUT2D eigenvalue weighted by Gasteiger charge is -2.12. The lowest BCUT2D eigenvalue weighted by molar-refractivity contribution is -0.394. The number of benzene rings is 3. The van der Waals surface area contributed by atoms with E-state index in [1.807, 2.05) is 30.3 Å². The summed E-state index contributed by atoms with van der Waals surface area (Å²) < 4.78 is 5.63. The maximum atomic E-state index is 13.3. The number of amides is 1. The number of hydrogen-bond acceptors (Lipinski definition) is 8. The molecule has 202 valence electrons. The third-order valence-corrected chi connectivity index (χ3v) is 7.66. The summed E-state index contributed by atoms with van der Waals surface area (Å²) in [5.74, 6) is 0.0813. The van der Waals surface area contributed by atoms with Crippen LogP contribution in [0, 0.1) is 20.2 Å². The van der Waals surface area contributed by atoms with E-state index in [0.717, 1.165) is 54.5 Å². The molecule has 11 heteroatoms. The van der Waals surface area contributed by atoms with Crippen molar-refractivity contribution in [2.45, 2.75) is 32.2 Å². The molecular weight excluding hydrogens is 532 g/mol. The average Bonchev–Trinajstić information content (AvgIpc) is 3.34. The van der Waals surface area contributed by atoms with Gasteiger partial charge in [-0.2, -0.15) is 0 Å². The minimum absolute atomic E-state index is 0.104. The van der Waals surface area contributed by atoms with Crippen LogP contribution in [0.4, 0.5) is 16.4 Å². The number of hydrogen-bond donors (Lipinski definition) is 1. The lowest BCUT2D eigenvalue weighted by atomic mass is 9.95. The Morgan fingerprint density at radius 1 is 0.975 bits per heavy atom. The summed E-state index contributed by atoms with van der Waals surface area (Å²) in [5, 5.41) is 26.0. The van der Waals surface area contributed by atoms with Gasteiger partial charge in [-0.25, -0.2) is 4.99 Å². The van der Waals surface area contributed by atoms with E-state index in [1.165, 1.54) is 10.9 Å². The van der Waals surface area contributed by atoms with Gasteiger partial charge in [-0.15, -0.1) is 11.3 Å². The number of ether oxygens (including phenoxy) is 1. The fourth-order valence-corrected chi connectivity index (χ4v) is 5.70. The van der Waals surface area contributed by atoms with Crippen molar-refractivity contribution >= 4 is 39.8 Å². The average molecular weight is 557 g/mol. The summed E-state index contributed by atoms with van der Waals surface area (Å²) in [5.41, 5.74) is 2.59. The molecule has 40 heavy (non-hydrogen) atoms. The summed E-state index contributed by atoms with van der Waals surface area (Å²) >= 11 is 1.55. The first-order valence-electron chi connectivity index (χ1n) is 12.6. The zero-order chi connectivity index (χ0) is 28.1. The van der Waals surface area contributed by atoms with Gasteiger partial charge in [0.1, 0.15) is 10.8 Å². The van der Waals surface area contributed by atoms with Gasteiger partial charge in [0.25, 0.3) is 11.6 Å². The Morgan fingerprint density at radius 2 is 1.73 bits per heavy atom. The number of nitro groups is 2. The second-order valence-corrected chi connectivity index (χ2v) is 10.2. The van der Waals surface area contributed by atoms with Crippen molar-refractivity contribution in [3.8, 4) is 11.5 Å². The van der Waals surface area contributed by atoms with Crippen molar-refractivity contribution in [1.82, 2.24) is 5.32 Å². The molecule has 0 fully saturated rings. The molecule has 4 aromatic rings. The Hall–Kier alpha value is -4.90. The van der Waals surface area contributed by atoms with Crippen LogP contribution >= 0.6 is 11.3 Å². The largest absolute Gasteiger partial charge is 0.450 e. The van der Waals surface area contributed by atoms with E-state index >= 15 is 0 Å². The second kappa shape index (κ2) is 11.9. The summed E-state index contributed by atoms with van der Waals surface area (Å²) in [6, 6.07) is 19.7. The van der Waals surface area contributed by atoms with Crippen LogP contribution in [0.1, 0.15) is 44.8 Å². The SMILES string of the molecule is O=C(NCc1ccccc1)c1c(N=Cc2ccc(Oc3ccc([N+](=O)[O-])cc3[N+](=O)[O-])cc2)sc2c1CCCC2. The van der Waals surface area contributed by atoms with E-state index < -0.39 is 21.2 Å². The van der Waals surface area contributed by atoms with E-state index in [0.29, 0.717) is 22.9 Å². The summed E-state index contributed by atoms with van der Waals surface area (Å²) in [6.45, 7) is 0.432. The molecule has 1 aliphatic rings. The highest BCUT2D eigenvalue weighted by molar-refractivity contribution is 7.16. The molecule has 0 spiro atoms. The number of nitrogens with zero attached hydrogens (tertiary/aromatic N) is 3. The summed E-state index contributed by atoms with van der Waals surface area (Å²) in [4.78, 5) is 40.1. The van der Waals surface area contributed by atoms with E-state index in [2.05, 4.69) is 10.3 Å². The van der Waals surface area contributed by atoms with E-state index in [1.54, 1.807) is 41.8 Å². The number of aryl methyl sites for hydroxylation is 1. The first-order chi connectivity index (χ1) is 19.4. The van der Waals surface area contributed by atoms with Crippen LogP contribution in [-0.2, 0) is 19.4 Å². The second-order valence-electron chi connectivity index (χ2n) is 9.15. The molecule has 3 aromatic carbocycles. The Kier molecular flexibility index (Phi) is 7.92. The number of thiophene rings is 1. The number of fused-ring (bicyclic) bond motifs is 1. The van der Waals surface area contributed by atoms with Crippen molar-refractivity contribution in [3.63, 3.8) is 0 Å². The van der Waals surface area contributed by atoms with Crippen LogP contribution in [0.2, 0.25) is 0 Å². The fourth-order valence-electron chi connectivity index (χ4n) is 4.47. The van der Waals surface area contributed by atoms with Crippen LogP contribution in [0.25, 0.3) is 0 Å². The van der Waals surface area contributed by atoms with Crippen molar-refractivity contribution in [1.29, 1.82) is 0 Å². The smallest absolute Gasteiger partial charge is 0.318 e. The third kappa shape index (κ3) is 6.05. The molecule has 1 amide bonds.